The molecule has 1 aliphatic heterocycles. The second kappa shape index (κ2) is 6.67. The Bertz CT molecular complexity index is 1040. The van der Waals surface area contributed by atoms with Gasteiger partial charge in [-0.15, -0.1) is 0 Å². The zero-order chi connectivity index (χ0) is 19.1. The lowest BCUT2D eigenvalue weighted by Crippen LogP contribution is -2.47. The summed E-state index contributed by atoms with van der Waals surface area (Å²) in [4.78, 5) is 30.6. The first-order chi connectivity index (χ1) is 13.0. The van der Waals surface area contributed by atoms with Crippen LogP contribution in [0.5, 0.6) is 0 Å². The molecule has 0 saturated carbocycles. The van der Waals surface area contributed by atoms with E-state index >= 15 is 0 Å². The summed E-state index contributed by atoms with van der Waals surface area (Å²) in [6, 6.07) is 4.58. The van der Waals surface area contributed by atoms with Crippen LogP contribution in [-0.2, 0) is 0 Å². The minimum Gasteiger partial charge on any atom is -0.362 e. The van der Waals surface area contributed by atoms with Gasteiger partial charge in [-0.05, 0) is 17.1 Å². The highest BCUT2D eigenvalue weighted by atomic mass is 35.5. The fourth-order valence-electron chi connectivity index (χ4n) is 3.21. The molecule has 140 valence electrons. The van der Waals surface area contributed by atoms with Crippen LogP contribution in [0.3, 0.4) is 0 Å². The second-order valence-corrected chi connectivity index (χ2v) is 7.25. The maximum atomic E-state index is 11.5. The van der Waals surface area contributed by atoms with Crippen molar-refractivity contribution >= 4 is 50.9 Å². The number of imidazole rings is 1. The van der Waals surface area contributed by atoms with E-state index in [1.165, 1.54) is 21.8 Å². The Hall–Kier alpha value is -2.92. The molecule has 12 heteroatoms. The predicted octanol–water partition coefficient (Wildman–Crippen LogP) is 3.19. The number of nitrogens with zero attached hydrogens (tertiary/aromatic N) is 6. The molecule has 3 aromatic rings. The maximum absolute atomic E-state index is 11.5. The summed E-state index contributed by atoms with van der Waals surface area (Å²) >= 11 is 7.20. The summed E-state index contributed by atoms with van der Waals surface area (Å²) in [5, 5.41) is 24.9. The number of nitro groups is 2. The van der Waals surface area contributed by atoms with Crippen LogP contribution in [0.4, 0.5) is 23.0 Å². The average molecular weight is 409 g/mol. The second-order valence-electron chi connectivity index (χ2n) is 5.94. The molecule has 27 heavy (non-hydrogen) atoms. The van der Waals surface area contributed by atoms with E-state index in [9.17, 15) is 20.2 Å². The van der Waals surface area contributed by atoms with Gasteiger partial charge in [0.2, 0.25) is 5.82 Å². The van der Waals surface area contributed by atoms with Crippen molar-refractivity contribution in [3.63, 3.8) is 0 Å². The van der Waals surface area contributed by atoms with Crippen LogP contribution < -0.4 is 9.80 Å². The van der Waals surface area contributed by atoms with Crippen LogP contribution in [0.1, 0.15) is 0 Å². The Labute approximate surface area is 161 Å². The maximum Gasteiger partial charge on any atom is 0.373 e. The molecule has 1 fully saturated rings. The minimum atomic E-state index is -0.456. The highest BCUT2D eigenvalue weighted by Gasteiger charge is 2.31. The smallest absolute Gasteiger partial charge is 0.362 e. The molecule has 4 rings (SSSR count). The van der Waals surface area contributed by atoms with Crippen molar-refractivity contribution in [2.24, 2.45) is 0 Å². The Morgan fingerprint density at radius 2 is 1.78 bits per heavy atom. The van der Waals surface area contributed by atoms with Crippen LogP contribution in [-0.4, -0.2) is 45.4 Å². The van der Waals surface area contributed by atoms with Crippen LogP contribution in [0.15, 0.2) is 29.8 Å². The number of fused-ring (bicyclic) bond motifs is 1. The summed E-state index contributed by atoms with van der Waals surface area (Å²) in [5.74, 6) is 0.272. The van der Waals surface area contributed by atoms with Gasteiger partial charge in [0.25, 0.3) is 10.6 Å². The molecule has 0 radical (unpaired) electrons. The number of hydrogen-bond acceptors (Lipinski definition) is 8. The highest BCUT2D eigenvalue weighted by molar-refractivity contribution is 7.15. The number of benzene rings is 1. The van der Waals surface area contributed by atoms with Crippen molar-refractivity contribution in [1.82, 2.24) is 9.38 Å². The van der Waals surface area contributed by atoms with Crippen molar-refractivity contribution in [2.45, 2.75) is 0 Å². The molecular weight excluding hydrogens is 396 g/mol. The zero-order valence-electron chi connectivity index (χ0n) is 13.8. The SMILES string of the molecule is O=[N+]([O-])c1cc(Cl)ccc1N1CCN(c2nc3sccn3c2[N+](=O)[O-])CC1. The number of rotatable bonds is 4. The fourth-order valence-corrected chi connectivity index (χ4v) is 4.08. The van der Waals surface area contributed by atoms with Gasteiger partial charge in [-0.3, -0.25) is 10.1 Å². The predicted molar refractivity (Wildman–Crippen MR) is 102 cm³/mol. The molecule has 0 aliphatic carbocycles. The van der Waals surface area contributed by atoms with Gasteiger partial charge >= 0.3 is 5.82 Å². The Kier molecular flexibility index (Phi) is 4.32. The van der Waals surface area contributed by atoms with E-state index in [0.717, 1.165) is 0 Å². The molecule has 0 N–H and O–H groups in total. The highest BCUT2D eigenvalue weighted by Crippen LogP contribution is 2.34. The lowest BCUT2D eigenvalue weighted by molar-refractivity contribution is -0.389. The van der Waals surface area contributed by atoms with Crippen LogP contribution >= 0.6 is 22.9 Å². The molecule has 1 aromatic carbocycles. The van der Waals surface area contributed by atoms with Crippen molar-refractivity contribution in [3.05, 3.63) is 55.0 Å². The summed E-state index contributed by atoms with van der Waals surface area (Å²) in [7, 11) is 0. The largest absolute Gasteiger partial charge is 0.373 e. The zero-order valence-corrected chi connectivity index (χ0v) is 15.4. The molecule has 10 nitrogen and oxygen atoms in total. The van der Waals surface area contributed by atoms with E-state index in [2.05, 4.69) is 4.98 Å². The molecule has 3 heterocycles. The van der Waals surface area contributed by atoms with Gasteiger partial charge in [-0.25, -0.2) is 0 Å². The third-order valence-corrected chi connectivity index (χ3v) is 5.44. The number of aromatic nitrogens is 2. The fraction of sp³-hybridized carbons (Fsp3) is 0.267. The number of halogens is 1. The van der Waals surface area contributed by atoms with Crippen molar-refractivity contribution < 1.29 is 9.85 Å². The lowest BCUT2D eigenvalue weighted by Gasteiger charge is -2.35. The molecule has 0 unspecified atom stereocenters. The Balaban J connectivity index is 1.59. The van der Waals surface area contributed by atoms with Crippen LogP contribution in [0.25, 0.3) is 4.96 Å². The molecule has 0 atom stereocenters. The van der Waals surface area contributed by atoms with E-state index < -0.39 is 9.85 Å². The summed E-state index contributed by atoms with van der Waals surface area (Å²) in [6.45, 7) is 1.88. The van der Waals surface area contributed by atoms with Gasteiger partial charge in [-0.2, -0.15) is 9.38 Å². The van der Waals surface area contributed by atoms with Crippen molar-refractivity contribution in [3.8, 4) is 0 Å². The summed E-state index contributed by atoms with van der Waals surface area (Å²) < 4.78 is 1.47. The molecule has 2 aromatic heterocycles. The standard InChI is InChI=1S/C15H13ClN6O4S/c16-10-1-2-11(12(9-10)21(23)24)18-3-5-19(6-4-18)13-14(22(25)26)20-7-8-27-15(20)17-13/h1-2,7-9H,3-6H2. The third-order valence-electron chi connectivity index (χ3n) is 4.45. The van der Waals surface area contributed by atoms with Gasteiger partial charge in [0.1, 0.15) is 11.9 Å². The first-order valence-corrected chi connectivity index (χ1v) is 9.25. The molecular formula is C15H13ClN6O4S. The molecule has 1 saturated heterocycles. The number of anilines is 2. The Morgan fingerprint density at radius 1 is 1.07 bits per heavy atom. The van der Waals surface area contributed by atoms with E-state index in [-0.39, 0.29) is 11.5 Å². The molecule has 1 aliphatic rings. The molecule has 0 spiro atoms. The Morgan fingerprint density at radius 3 is 2.44 bits per heavy atom. The van der Waals surface area contributed by atoms with E-state index in [1.54, 1.807) is 23.7 Å². The van der Waals surface area contributed by atoms with Gasteiger partial charge in [0, 0.05) is 42.6 Å². The number of hydrogen-bond donors (Lipinski definition) is 0. The van der Waals surface area contributed by atoms with Crippen molar-refractivity contribution in [1.29, 1.82) is 0 Å². The summed E-state index contributed by atoms with van der Waals surface area (Å²) in [6.07, 6.45) is 1.63. The third kappa shape index (κ3) is 3.04. The quantitative estimate of drug-likeness (QED) is 0.481. The summed E-state index contributed by atoms with van der Waals surface area (Å²) in [5.41, 5.74) is 0.439. The van der Waals surface area contributed by atoms with Gasteiger partial charge in [0.05, 0.1) is 4.92 Å². The van der Waals surface area contributed by atoms with E-state index in [0.29, 0.717) is 47.7 Å². The minimum absolute atomic E-state index is 0.0514. The molecule has 0 amide bonds. The van der Waals surface area contributed by atoms with E-state index in [4.69, 9.17) is 11.6 Å². The van der Waals surface area contributed by atoms with Crippen LogP contribution in [0, 0.1) is 20.2 Å². The van der Waals surface area contributed by atoms with Gasteiger partial charge in [-0.1, -0.05) is 22.9 Å². The monoisotopic (exact) mass is 408 g/mol. The van der Waals surface area contributed by atoms with E-state index in [1.807, 2.05) is 9.80 Å². The average Bonchev–Trinajstić information content (AvgIpc) is 3.22. The number of thiazole rings is 1. The first kappa shape index (κ1) is 17.5. The normalized spacial score (nSPS) is 14.7. The van der Waals surface area contributed by atoms with Gasteiger partial charge in [0.15, 0.2) is 0 Å². The first-order valence-electron chi connectivity index (χ1n) is 7.99. The van der Waals surface area contributed by atoms with Crippen molar-refractivity contribution in [2.75, 3.05) is 36.0 Å². The topological polar surface area (TPSA) is 110 Å². The number of piperazine rings is 1. The lowest BCUT2D eigenvalue weighted by atomic mass is 10.2. The number of nitro benzene ring substituents is 1. The molecule has 0 bridgehead atoms. The van der Waals surface area contributed by atoms with Crippen LogP contribution in [0.2, 0.25) is 5.02 Å². The van der Waals surface area contributed by atoms with Gasteiger partial charge < -0.3 is 19.9 Å².